The average Bonchev–Trinajstić information content (AvgIpc) is 2.64. The maximum absolute atomic E-state index is 11.5. The lowest BCUT2D eigenvalue weighted by atomic mass is 10.2. The van der Waals surface area contributed by atoms with Crippen molar-refractivity contribution in [2.75, 3.05) is 6.61 Å². The molecule has 0 N–H and O–H groups in total. The number of nitrogens with zero attached hydrogens (tertiary/aromatic N) is 2. The number of aromatic nitrogens is 2. The Bertz CT molecular complexity index is 560. The molecule has 18 heavy (non-hydrogen) atoms. The SMILES string of the molecule is CCOC(=O)CC(C)n1c(C)nc2ccccc21. The zero-order valence-electron chi connectivity index (χ0n) is 11.0. The highest BCUT2D eigenvalue weighted by molar-refractivity contribution is 5.76. The fraction of sp³-hybridized carbons (Fsp3) is 0.429. The Morgan fingerprint density at radius 3 is 2.89 bits per heavy atom. The number of benzene rings is 1. The van der Waals surface area contributed by atoms with Crippen LogP contribution in [0.25, 0.3) is 11.0 Å². The Kier molecular flexibility index (Phi) is 3.65. The molecule has 1 aromatic heterocycles. The topological polar surface area (TPSA) is 44.1 Å². The maximum Gasteiger partial charge on any atom is 0.307 e. The number of fused-ring (bicyclic) bond motifs is 1. The smallest absolute Gasteiger partial charge is 0.307 e. The molecule has 0 aliphatic heterocycles. The molecule has 1 unspecified atom stereocenters. The van der Waals surface area contributed by atoms with E-state index in [4.69, 9.17) is 4.74 Å². The van der Waals surface area contributed by atoms with Gasteiger partial charge in [-0.1, -0.05) is 12.1 Å². The molecule has 0 bridgehead atoms. The van der Waals surface area contributed by atoms with Gasteiger partial charge in [0, 0.05) is 6.04 Å². The molecule has 0 aliphatic rings. The summed E-state index contributed by atoms with van der Waals surface area (Å²) in [6, 6.07) is 8.01. The van der Waals surface area contributed by atoms with Crippen molar-refractivity contribution in [3.05, 3.63) is 30.1 Å². The molecule has 0 radical (unpaired) electrons. The Labute approximate surface area is 107 Å². The van der Waals surface area contributed by atoms with Crippen LogP contribution < -0.4 is 0 Å². The van der Waals surface area contributed by atoms with Crippen LogP contribution in [0.5, 0.6) is 0 Å². The van der Waals surface area contributed by atoms with Crippen LogP contribution in [0, 0.1) is 6.92 Å². The molecule has 0 saturated heterocycles. The van der Waals surface area contributed by atoms with Crippen LogP contribution in [0.15, 0.2) is 24.3 Å². The monoisotopic (exact) mass is 246 g/mol. The van der Waals surface area contributed by atoms with Crippen molar-refractivity contribution in [3.63, 3.8) is 0 Å². The molecule has 0 fully saturated rings. The van der Waals surface area contributed by atoms with Gasteiger partial charge in [0.15, 0.2) is 0 Å². The van der Waals surface area contributed by atoms with E-state index < -0.39 is 0 Å². The van der Waals surface area contributed by atoms with Crippen molar-refractivity contribution in [1.82, 2.24) is 9.55 Å². The summed E-state index contributed by atoms with van der Waals surface area (Å²) in [5, 5.41) is 0. The van der Waals surface area contributed by atoms with Crippen molar-refractivity contribution >= 4 is 17.0 Å². The summed E-state index contributed by atoms with van der Waals surface area (Å²) < 4.78 is 7.08. The molecule has 2 aromatic rings. The van der Waals surface area contributed by atoms with Crippen LogP contribution in [0.2, 0.25) is 0 Å². The third kappa shape index (κ3) is 2.37. The van der Waals surface area contributed by atoms with Gasteiger partial charge in [-0.25, -0.2) is 4.98 Å². The van der Waals surface area contributed by atoms with E-state index in [9.17, 15) is 4.79 Å². The summed E-state index contributed by atoms with van der Waals surface area (Å²) in [5.41, 5.74) is 2.03. The predicted molar refractivity (Wildman–Crippen MR) is 70.4 cm³/mol. The van der Waals surface area contributed by atoms with Gasteiger partial charge in [0.2, 0.25) is 0 Å². The van der Waals surface area contributed by atoms with Crippen molar-refractivity contribution in [2.24, 2.45) is 0 Å². The fourth-order valence-electron chi connectivity index (χ4n) is 2.27. The van der Waals surface area contributed by atoms with E-state index in [1.165, 1.54) is 0 Å². The number of carbonyl (C=O) groups is 1. The van der Waals surface area contributed by atoms with Crippen LogP contribution in [-0.4, -0.2) is 22.1 Å². The van der Waals surface area contributed by atoms with Gasteiger partial charge in [-0.2, -0.15) is 0 Å². The number of hydrogen-bond donors (Lipinski definition) is 0. The van der Waals surface area contributed by atoms with Gasteiger partial charge < -0.3 is 9.30 Å². The van der Waals surface area contributed by atoms with Gasteiger partial charge in [-0.15, -0.1) is 0 Å². The van der Waals surface area contributed by atoms with Crippen LogP contribution >= 0.6 is 0 Å². The molecule has 0 saturated carbocycles. The molecular weight excluding hydrogens is 228 g/mol. The third-order valence-corrected chi connectivity index (χ3v) is 2.98. The molecule has 1 heterocycles. The first-order valence-electron chi connectivity index (χ1n) is 6.22. The molecule has 2 rings (SSSR count). The lowest BCUT2D eigenvalue weighted by Crippen LogP contribution is -2.14. The number of imidazole rings is 1. The Balaban J connectivity index is 2.29. The Morgan fingerprint density at radius 1 is 1.44 bits per heavy atom. The van der Waals surface area contributed by atoms with Crippen LogP contribution in [-0.2, 0) is 9.53 Å². The van der Waals surface area contributed by atoms with Crippen molar-refractivity contribution < 1.29 is 9.53 Å². The number of rotatable bonds is 4. The van der Waals surface area contributed by atoms with E-state index in [2.05, 4.69) is 9.55 Å². The van der Waals surface area contributed by atoms with Gasteiger partial charge in [-0.3, -0.25) is 4.79 Å². The molecule has 1 atom stereocenters. The zero-order valence-corrected chi connectivity index (χ0v) is 11.0. The fourth-order valence-corrected chi connectivity index (χ4v) is 2.27. The standard InChI is InChI=1S/C14H18N2O2/c1-4-18-14(17)9-10(2)16-11(3)15-12-7-5-6-8-13(12)16/h5-8,10H,4,9H2,1-3H3. The first kappa shape index (κ1) is 12.6. The number of aryl methyl sites for hydroxylation is 1. The Morgan fingerprint density at radius 2 is 2.17 bits per heavy atom. The second-order valence-electron chi connectivity index (χ2n) is 4.38. The average molecular weight is 246 g/mol. The van der Waals surface area contributed by atoms with E-state index in [-0.39, 0.29) is 12.0 Å². The molecular formula is C14H18N2O2. The number of hydrogen-bond acceptors (Lipinski definition) is 3. The zero-order chi connectivity index (χ0) is 13.1. The van der Waals surface area contributed by atoms with E-state index in [0.717, 1.165) is 16.9 Å². The minimum Gasteiger partial charge on any atom is -0.466 e. The number of esters is 1. The summed E-state index contributed by atoms with van der Waals surface area (Å²) in [4.78, 5) is 16.0. The van der Waals surface area contributed by atoms with E-state index in [0.29, 0.717) is 13.0 Å². The number of carbonyl (C=O) groups excluding carboxylic acids is 1. The second-order valence-corrected chi connectivity index (χ2v) is 4.38. The summed E-state index contributed by atoms with van der Waals surface area (Å²) in [6.45, 7) is 6.22. The molecule has 0 spiro atoms. The van der Waals surface area contributed by atoms with Crippen molar-refractivity contribution in [1.29, 1.82) is 0 Å². The maximum atomic E-state index is 11.5. The minimum atomic E-state index is -0.165. The highest BCUT2D eigenvalue weighted by atomic mass is 16.5. The predicted octanol–water partition coefficient (Wildman–Crippen LogP) is 2.86. The van der Waals surface area contributed by atoms with Crippen molar-refractivity contribution in [2.45, 2.75) is 33.2 Å². The van der Waals surface area contributed by atoms with E-state index >= 15 is 0 Å². The second kappa shape index (κ2) is 5.21. The Hall–Kier alpha value is -1.84. The first-order chi connectivity index (χ1) is 8.63. The summed E-state index contributed by atoms with van der Waals surface area (Å²) >= 11 is 0. The number of ether oxygens (including phenoxy) is 1. The molecule has 0 amide bonds. The van der Waals surface area contributed by atoms with E-state index in [1.54, 1.807) is 0 Å². The molecule has 0 aliphatic carbocycles. The summed E-state index contributed by atoms with van der Waals surface area (Å²) in [7, 11) is 0. The van der Waals surface area contributed by atoms with Crippen LogP contribution in [0.3, 0.4) is 0 Å². The summed E-state index contributed by atoms with van der Waals surface area (Å²) in [6.07, 6.45) is 0.370. The summed E-state index contributed by atoms with van der Waals surface area (Å²) in [5.74, 6) is 0.759. The lowest BCUT2D eigenvalue weighted by Gasteiger charge is -2.15. The van der Waals surface area contributed by atoms with Crippen LogP contribution in [0.1, 0.15) is 32.1 Å². The van der Waals surface area contributed by atoms with Gasteiger partial charge in [0.25, 0.3) is 0 Å². The molecule has 4 nitrogen and oxygen atoms in total. The van der Waals surface area contributed by atoms with Gasteiger partial charge in [0.1, 0.15) is 5.82 Å². The normalized spacial score (nSPS) is 12.6. The van der Waals surface area contributed by atoms with Crippen molar-refractivity contribution in [3.8, 4) is 0 Å². The first-order valence-corrected chi connectivity index (χ1v) is 6.22. The number of para-hydroxylation sites is 2. The molecule has 1 aromatic carbocycles. The van der Waals surface area contributed by atoms with E-state index in [1.807, 2.05) is 45.0 Å². The van der Waals surface area contributed by atoms with Gasteiger partial charge >= 0.3 is 5.97 Å². The minimum absolute atomic E-state index is 0.0523. The quantitative estimate of drug-likeness (QED) is 0.779. The van der Waals surface area contributed by atoms with Crippen LogP contribution in [0.4, 0.5) is 0 Å². The molecule has 4 heteroatoms. The van der Waals surface area contributed by atoms with Gasteiger partial charge in [0.05, 0.1) is 24.1 Å². The highest BCUT2D eigenvalue weighted by Crippen LogP contribution is 2.22. The highest BCUT2D eigenvalue weighted by Gasteiger charge is 2.16. The largest absolute Gasteiger partial charge is 0.466 e. The van der Waals surface area contributed by atoms with Gasteiger partial charge in [-0.05, 0) is 32.9 Å². The molecule has 96 valence electrons. The lowest BCUT2D eigenvalue weighted by molar-refractivity contribution is -0.143. The third-order valence-electron chi connectivity index (χ3n) is 2.98.